The van der Waals surface area contributed by atoms with Gasteiger partial charge in [0.15, 0.2) is 37.9 Å². The lowest BCUT2D eigenvalue weighted by Gasteiger charge is -1.94. The van der Waals surface area contributed by atoms with Crippen LogP contribution in [0.25, 0.3) is 0 Å². The van der Waals surface area contributed by atoms with Crippen molar-refractivity contribution in [3.05, 3.63) is 95.6 Å². The molecule has 0 amide bonds. The van der Waals surface area contributed by atoms with Crippen LogP contribution >= 0.6 is 0 Å². The largest absolute Gasteiger partial charge is 1.00 e. The number of halogens is 1. The van der Waals surface area contributed by atoms with Crippen LogP contribution in [0, 0.1) is 37.5 Å². The minimum Gasteiger partial charge on any atom is -1.00 e. The molecule has 0 aliphatic heterocycles. The number of aromatic nitrogens is 2. The highest BCUT2D eigenvalue weighted by atomic mass is 79.9. The summed E-state index contributed by atoms with van der Waals surface area (Å²) in [6, 6.07) is 16.7. The van der Waals surface area contributed by atoms with Crippen LogP contribution in [0.5, 0.6) is 0 Å². The van der Waals surface area contributed by atoms with Gasteiger partial charge < -0.3 is 17.0 Å². The van der Waals surface area contributed by atoms with E-state index in [1.54, 1.807) is 0 Å². The van der Waals surface area contributed by atoms with E-state index in [1.807, 2.05) is 24.3 Å². The third kappa shape index (κ3) is 7.94. The number of rotatable bonds is 4. The second kappa shape index (κ2) is 11.8. The minimum absolute atomic E-state index is 0. The van der Waals surface area contributed by atoms with Crippen molar-refractivity contribution in [1.29, 1.82) is 0 Å². The number of benzene rings is 1. The zero-order valence-electron chi connectivity index (χ0n) is 17.0. The molecular weight excluding hydrogens is 420 g/mol. The molecule has 0 spiro atoms. The number of nitrogens with zero attached hydrogens (tertiary/aromatic N) is 2. The molecule has 3 aromatic rings. The highest BCUT2D eigenvalue weighted by molar-refractivity contribution is 5.41. The molecule has 0 bridgehead atoms. The van der Waals surface area contributed by atoms with Crippen molar-refractivity contribution < 1.29 is 26.1 Å². The van der Waals surface area contributed by atoms with Gasteiger partial charge in [0.2, 0.25) is 0 Å². The van der Waals surface area contributed by atoms with Crippen molar-refractivity contribution >= 4 is 0 Å². The first-order valence-electron chi connectivity index (χ1n) is 9.68. The molecule has 0 aliphatic rings. The molecular formula is C26H26BrN2+. The Morgan fingerprint density at radius 1 is 0.586 bits per heavy atom. The Labute approximate surface area is 185 Å². The molecule has 2 aromatic heterocycles. The molecule has 0 saturated heterocycles. The molecule has 2 nitrogen and oxygen atoms in total. The maximum Gasteiger partial charge on any atom is 0.169 e. The molecule has 29 heavy (non-hydrogen) atoms. The summed E-state index contributed by atoms with van der Waals surface area (Å²) in [5, 5.41) is 0. The molecule has 1 aromatic carbocycles. The van der Waals surface area contributed by atoms with Crippen molar-refractivity contribution in [1.82, 2.24) is 0 Å². The second-order valence-corrected chi connectivity index (χ2v) is 6.91. The molecule has 146 valence electrons. The van der Waals surface area contributed by atoms with E-state index in [1.165, 1.54) is 11.1 Å². The smallest absolute Gasteiger partial charge is 0.169 e. The molecule has 0 saturated carbocycles. The standard InChI is InChI=1S/C26H26N2.BrH/c1-23-13-19-27(20-14-23)17-5-3-7-25-9-11-26(12-10-25)8-4-6-18-28-21-15-24(2)16-22-28;/h9-16,19-22H,5-6,17-18H2,1-2H3;1H/q+2;/p-1. The third-order valence-corrected chi connectivity index (χ3v) is 4.46. The van der Waals surface area contributed by atoms with E-state index in [2.05, 4.69) is 95.7 Å². The Balaban J connectivity index is 0.00000300. The highest BCUT2D eigenvalue weighted by Crippen LogP contribution is 2.02. The predicted octanol–water partition coefficient (Wildman–Crippen LogP) is 0.766. The van der Waals surface area contributed by atoms with Crippen LogP contribution in [0.1, 0.15) is 35.1 Å². The van der Waals surface area contributed by atoms with E-state index in [-0.39, 0.29) is 17.0 Å². The average molecular weight is 446 g/mol. The molecule has 3 heteroatoms. The zero-order chi connectivity index (χ0) is 19.6. The Hall–Kier alpha value is -2.88. The van der Waals surface area contributed by atoms with E-state index in [0.29, 0.717) is 0 Å². The van der Waals surface area contributed by atoms with Gasteiger partial charge in [-0.2, -0.15) is 0 Å². The summed E-state index contributed by atoms with van der Waals surface area (Å²) < 4.78 is 4.32. The lowest BCUT2D eigenvalue weighted by molar-refractivity contribution is -0.696. The Kier molecular flexibility index (Phi) is 9.16. The maximum absolute atomic E-state index is 3.25. The van der Waals surface area contributed by atoms with Crippen molar-refractivity contribution in [2.75, 3.05) is 0 Å². The van der Waals surface area contributed by atoms with E-state index in [9.17, 15) is 0 Å². The van der Waals surface area contributed by atoms with Crippen LogP contribution in [0.2, 0.25) is 0 Å². The van der Waals surface area contributed by atoms with E-state index in [0.717, 1.165) is 37.1 Å². The lowest BCUT2D eigenvalue weighted by Crippen LogP contribution is -3.00. The van der Waals surface area contributed by atoms with Crippen LogP contribution in [-0.2, 0) is 13.1 Å². The van der Waals surface area contributed by atoms with Gasteiger partial charge in [-0.25, -0.2) is 9.13 Å². The first-order valence-corrected chi connectivity index (χ1v) is 9.68. The maximum atomic E-state index is 3.25. The molecule has 2 heterocycles. The Morgan fingerprint density at radius 3 is 1.28 bits per heavy atom. The molecule has 0 fully saturated rings. The van der Waals surface area contributed by atoms with Crippen LogP contribution < -0.4 is 26.1 Å². The van der Waals surface area contributed by atoms with Gasteiger partial charge >= 0.3 is 0 Å². The molecule has 3 rings (SSSR count). The summed E-state index contributed by atoms with van der Waals surface area (Å²) in [4.78, 5) is 0. The molecule has 0 atom stereocenters. The third-order valence-electron chi connectivity index (χ3n) is 4.46. The number of hydrogen-bond acceptors (Lipinski definition) is 0. The quantitative estimate of drug-likeness (QED) is 0.413. The van der Waals surface area contributed by atoms with Gasteiger partial charge in [0.1, 0.15) is 0 Å². The molecule has 0 N–H and O–H groups in total. The van der Waals surface area contributed by atoms with Gasteiger partial charge in [-0.05, 0) is 49.2 Å². The normalized spacial score (nSPS) is 9.45. The fourth-order valence-corrected chi connectivity index (χ4v) is 2.70. The van der Waals surface area contributed by atoms with Gasteiger partial charge in [0.25, 0.3) is 0 Å². The van der Waals surface area contributed by atoms with E-state index in [4.69, 9.17) is 0 Å². The summed E-state index contributed by atoms with van der Waals surface area (Å²) in [5.74, 6) is 13.0. The minimum atomic E-state index is 0. The SMILES string of the molecule is Cc1cc[n+](CCC#Cc2ccc(C#CCC[n+]3ccc(C)cc3)cc2)cc1.[Br-]. The first kappa shape index (κ1) is 22.4. The van der Waals surface area contributed by atoms with Gasteiger partial charge in [0, 0.05) is 35.4 Å². The summed E-state index contributed by atoms with van der Waals surface area (Å²) in [6.45, 7) is 6.02. The predicted molar refractivity (Wildman–Crippen MR) is 112 cm³/mol. The Morgan fingerprint density at radius 2 is 0.931 bits per heavy atom. The van der Waals surface area contributed by atoms with Crippen molar-refractivity contribution in [3.8, 4) is 23.7 Å². The summed E-state index contributed by atoms with van der Waals surface area (Å²) in [5.41, 5.74) is 4.63. The van der Waals surface area contributed by atoms with Gasteiger partial charge in [-0.1, -0.05) is 23.7 Å². The topological polar surface area (TPSA) is 7.76 Å². The van der Waals surface area contributed by atoms with Crippen LogP contribution in [0.15, 0.2) is 73.3 Å². The van der Waals surface area contributed by atoms with E-state index >= 15 is 0 Å². The second-order valence-electron chi connectivity index (χ2n) is 6.91. The average Bonchev–Trinajstić information content (AvgIpc) is 2.72. The number of aryl methyl sites for hydroxylation is 4. The highest BCUT2D eigenvalue weighted by Gasteiger charge is 1.97. The first-order chi connectivity index (χ1) is 13.7. The van der Waals surface area contributed by atoms with Gasteiger partial charge in [-0.3, -0.25) is 0 Å². The van der Waals surface area contributed by atoms with Gasteiger partial charge in [0.05, 0.1) is 12.8 Å². The molecule has 0 unspecified atom stereocenters. The van der Waals surface area contributed by atoms with Crippen LogP contribution in [0.4, 0.5) is 0 Å². The van der Waals surface area contributed by atoms with E-state index < -0.39 is 0 Å². The zero-order valence-corrected chi connectivity index (χ0v) is 18.6. The number of hydrogen-bond donors (Lipinski definition) is 0. The van der Waals surface area contributed by atoms with Crippen molar-refractivity contribution in [2.45, 2.75) is 39.8 Å². The summed E-state index contributed by atoms with van der Waals surface area (Å²) in [7, 11) is 0. The monoisotopic (exact) mass is 445 g/mol. The fourth-order valence-electron chi connectivity index (χ4n) is 2.70. The summed E-state index contributed by atoms with van der Waals surface area (Å²) in [6.07, 6.45) is 10.1. The van der Waals surface area contributed by atoms with Crippen LogP contribution in [-0.4, -0.2) is 0 Å². The lowest BCUT2D eigenvalue weighted by atomic mass is 10.1. The Bertz CT molecular complexity index is 927. The molecule has 0 radical (unpaired) electrons. The number of pyridine rings is 2. The van der Waals surface area contributed by atoms with Crippen molar-refractivity contribution in [2.24, 2.45) is 0 Å². The van der Waals surface area contributed by atoms with Gasteiger partial charge in [-0.15, -0.1) is 0 Å². The molecule has 0 aliphatic carbocycles. The summed E-state index contributed by atoms with van der Waals surface area (Å²) >= 11 is 0. The van der Waals surface area contributed by atoms with Crippen LogP contribution in [0.3, 0.4) is 0 Å². The fraction of sp³-hybridized carbons (Fsp3) is 0.231. The van der Waals surface area contributed by atoms with Crippen molar-refractivity contribution in [3.63, 3.8) is 0 Å².